The Hall–Kier alpha value is -2.36. The van der Waals surface area contributed by atoms with Crippen molar-refractivity contribution in [1.29, 1.82) is 0 Å². The monoisotopic (exact) mass is 437 g/mol. The normalized spacial score (nSPS) is 16.8. The van der Waals surface area contributed by atoms with Crippen molar-refractivity contribution < 1.29 is 31.9 Å². The van der Waals surface area contributed by atoms with Crippen LogP contribution in [0.25, 0.3) is 0 Å². The third-order valence-electron chi connectivity index (χ3n) is 4.95. The maximum atomic E-state index is 13.8. The molecule has 1 amide bonds. The number of halogens is 6. The Morgan fingerprint density at radius 3 is 2.41 bits per heavy atom. The number of hydrogen-bond donors (Lipinski definition) is 1. The van der Waals surface area contributed by atoms with Crippen LogP contribution < -0.4 is 0 Å². The van der Waals surface area contributed by atoms with Crippen molar-refractivity contribution in [3.8, 4) is 0 Å². The lowest BCUT2D eigenvalue weighted by atomic mass is 9.99. The lowest BCUT2D eigenvalue weighted by Gasteiger charge is -2.35. The third-order valence-corrected chi connectivity index (χ3v) is 5.23. The summed E-state index contributed by atoms with van der Waals surface area (Å²) in [5, 5.41) is 9.65. The molecule has 0 bridgehead atoms. The fraction of sp³-hybridized carbons (Fsp3) is 0.444. The van der Waals surface area contributed by atoms with Crippen molar-refractivity contribution in [3.05, 3.63) is 51.6 Å². The van der Waals surface area contributed by atoms with Gasteiger partial charge in [-0.1, -0.05) is 18.5 Å². The maximum absolute atomic E-state index is 13.8. The molecule has 1 aromatic heterocycles. The number of fused-ring (bicyclic) bond motifs is 1. The number of nitrogens with zero attached hydrogens (tertiary/aromatic N) is 3. The standard InChI is InChI=1S/C18H17ClF5N3O2/c1-2-13-25-16(19)15-12(26(17(28)29)5-6-27(13)15)4-3-9-7-10(20)14(11(21)8-9)18(22,23)24/h7-8,12H,2-6H2,1H3,(H,28,29). The molecule has 0 aliphatic carbocycles. The van der Waals surface area contributed by atoms with E-state index in [0.29, 0.717) is 36.6 Å². The Labute approximate surface area is 167 Å². The van der Waals surface area contributed by atoms with E-state index < -0.39 is 35.5 Å². The first kappa shape index (κ1) is 21.4. The minimum atomic E-state index is -5.15. The van der Waals surface area contributed by atoms with Crippen LogP contribution in [0, 0.1) is 11.6 Å². The largest absolute Gasteiger partial charge is 0.465 e. The quantitative estimate of drug-likeness (QED) is 0.680. The van der Waals surface area contributed by atoms with Gasteiger partial charge in [-0.2, -0.15) is 13.2 Å². The highest BCUT2D eigenvalue weighted by molar-refractivity contribution is 6.30. The van der Waals surface area contributed by atoms with Gasteiger partial charge in [0.15, 0.2) is 5.15 Å². The van der Waals surface area contributed by atoms with Gasteiger partial charge in [0.05, 0.1) is 11.7 Å². The second-order valence-electron chi connectivity index (χ2n) is 6.67. The minimum Gasteiger partial charge on any atom is -0.465 e. The van der Waals surface area contributed by atoms with E-state index in [0.717, 1.165) is 4.90 Å². The van der Waals surface area contributed by atoms with Crippen LogP contribution in [0.1, 0.15) is 42.0 Å². The molecule has 2 heterocycles. The van der Waals surface area contributed by atoms with Crippen molar-refractivity contribution >= 4 is 17.7 Å². The summed E-state index contributed by atoms with van der Waals surface area (Å²) in [6, 6.07) is 0.502. The zero-order valence-corrected chi connectivity index (χ0v) is 16.0. The van der Waals surface area contributed by atoms with Gasteiger partial charge in [-0.15, -0.1) is 0 Å². The fourth-order valence-electron chi connectivity index (χ4n) is 3.69. The van der Waals surface area contributed by atoms with E-state index in [-0.39, 0.29) is 30.1 Å². The zero-order valence-electron chi connectivity index (χ0n) is 15.2. The lowest BCUT2D eigenvalue weighted by molar-refractivity contribution is -0.142. The van der Waals surface area contributed by atoms with Crippen molar-refractivity contribution in [1.82, 2.24) is 14.5 Å². The Morgan fingerprint density at radius 2 is 1.90 bits per heavy atom. The molecule has 158 valence electrons. The van der Waals surface area contributed by atoms with Crippen LogP contribution in [0.4, 0.5) is 26.7 Å². The minimum absolute atomic E-state index is 0.0122. The Morgan fingerprint density at radius 1 is 1.28 bits per heavy atom. The number of imidazole rings is 1. The van der Waals surface area contributed by atoms with Gasteiger partial charge in [-0.3, -0.25) is 4.90 Å². The molecule has 1 aromatic carbocycles. The van der Waals surface area contributed by atoms with Gasteiger partial charge in [0.2, 0.25) is 0 Å². The van der Waals surface area contributed by atoms with Crippen LogP contribution in [0.15, 0.2) is 12.1 Å². The number of aromatic nitrogens is 2. The first-order chi connectivity index (χ1) is 13.5. The summed E-state index contributed by atoms with van der Waals surface area (Å²) < 4.78 is 67.7. The third kappa shape index (κ3) is 4.03. The molecule has 3 rings (SSSR count). The molecule has 0 spiro atoms. The molecule has 29 heavy (non-hydrogen) atoms. The van der Waals surface area contributed by atoms with Gasteiger partial charge < -0.3 is 9.67 Å². The highest BCUT2D eigenvalue weighted by atomic mass is 35.5. The highest BCUT2D eigenvalue weighted by Gasteiger charge is 2.38. The van der Waals surface area contributed by atoms with Crippen LogP contribution in [0.2, 0.25) is 5.15 Å². The SMILES string of the molecule is CCc1nc(Cl)c2n1CCN(C(=O)O)C2CCc1cc(F)c(C(F)(F)F)c(F)c1. The smallest absolute Gasteiger partial charge is 0.422 e. The first-order valence-electron chi connectivity index (χ1n) is 8.84. The van der Waals surface area contributed by atoms with Gasteiger partial charge in [-0.25, -0.2) is 18.6 Å². The van der Waals surface area contributed by atoms with Crippen molar-refractivity contribution in [3.63, 3.8) is 0 Å². The number of amides is 1. The van der Waals surface area contributed by atoms with Gasteiger partial charge in [0.1, 0.15) is 23.0 Å². The van der Waals surface area contributed by atoms with Gasteiger partial charge in [0.25, 0.3) is 0 Å². The summed E-state index contributed by atoms with van der Waals surface area (Å²) in [7, 11) is 0. The Kier molecular flexibility index (Phi) is 5.75. The van der Waals surface area contributed by atoms with Gasteiger partial charge >= 0.3 is 12.3 Å². The summed E-state index contributed by atoms with van der Waals surface area (Å²) in [6.45, 7) is 2.41. The first-order valence-corrected chi connectivity index (χ1v) is 9.21. The number of alkyl halides is 3. The number of aryl methyl sites for hydroxylation is 2. The number of hydrogen-bond acceptors (Lipinski definition) is 2. The van der Waals surface area contributed by atoms with E-state index in [4.69, 9.17) is 11.6 Å². The molecule has 11 heteroatoms. The van der Waals surface area contributed by atoms with Gasteiger partial charge in [-0.05, 0) is 30.5 Å². The van der Waals surface area contributed by atoms with Crippen molar-refractivity contribution in [2.24, 2.45) is 0 Å². The number of benzene rings is 1. The zero-order chi connectivity index (χ0) is 21.5. The number of carbonyl (C=O) groups is 1. The van der Waals surface area contributed by atoms with E-state index in [2.05, 4.69) is 4.98 Å². The average molecular weight is 438 g/mol. The van der Waals surface area contributed by atoms with E-state index in [1.807, 2.05) is 11.5 Å². The molecule has 0 fully saturated rings. The molecule has 1 aliphatic rings. The van der Waals surface area contributed by atoms with E-state index in [9.17, 15) is 31.9 Å². The second kappa shape index (κ2) is 7.81. The van der Waals surface area contributed by atoms with E-state index in [1.165, 1.54) is 0 Å². The van der Waals surface area contributed by atoms with Crippen LogP contribution >= 0.6 is 11.6 Å². The fourth-order valence-corrected chi connectivity index (χ4v) is 4.02. The Balaban J connectivity index is 1.91. The van der Waals surface area contributed by atoms with E-state index in [1.54, 1.807) is 0 Å². The predicted molar refractivity (Wildman–Crippen MR) is 93.8 cm³/mol. The Bertz CT molecular complexity index is 921. The molecule has 0 radical (unpaired) electrons. The van der Waals surface area contributed by atoms with Crippen molar-refractivity contribution in [2.45, 2.75) is 44.9 Å². The second-order valence-corrected chi connectivity index (χ2v) is 7.03. The predicted octanol–water partition coefficient (Wildman–Crippen LogP) is 5.06. The highest BCUT2D eigenvalue weighted by Crippen LogP contribution is 2.37. The average Bonchev–Trinajstić information content (AvgIpc) is 2.94. The molecule has 0 saturated heterocycles. The maximum Gasteiger partial charge on any atom is 0.422 e. The van der Waals surface area contributed by atoms with Crippen molar-refractivity contribution in [2.75, 3.05) is 6.54 Å². The summed E-state index contributed by atoms with van der Waals surface area (Å²) in [5.74, 6) is -2.73. The number of rotatable bonds is 4. The molecule has 0 saturated carbocycles. The molecule has 5 nitrogen and oxygen atoms in total. The van der Waals surface area contributed by atoms with E-state index >= 15 is 0 Å². The molecule has 1 N–H and O–H groups in total. The summed E-state index contributed by atoms with van der Waals surface area (Å²) in [6.07, 6.45) is -5.74. The molecule has 1 unspecified atom stereocenters. The summed E-state index contributed by atoms with van der Waals surface area (Å²) in [4.78, 5) is 17.0. The van der Waals surface area contributed by atoms with Crippen LogP contribution in [0.3, 0.4) is 0 Å². The number of carboxylic acid groups (broad SMARTS) is 1. The molecular weight excluding hydrogens is 421 g/mol. The molecular formula is C18H17ClF5N3O2. The van der Waals surface area contributed by atoms with Gasteiger partial charge in [0, 0.05) is 19.5 Å². The van der Waals surface area contributed by atoms with Crippen LogP contribution in [0.5, 0.6) is 0 Å². The lowest BCUT2D eigenvalue weighted by Crippen LogP contribution is -2.42. The summed E-state index contributed by atoms with van der Waals surface area (Å²) >= 11 is 6.21. The molecule has 1 aliphatic heterocycles. The molecule has 1 atom stereocenters. The topological polar surface area (TPSA) is 58.4 Å². The van der Waals surface area contributed by atoms with Crippen LogP contribution in [-0.2, 0) is 25.6 Å². The van der Waals surface area contributed by atoms with Crippen LogP contribution in [-0.4, -0.2) is 32.2 Å². The summed E-state index contributed by atoms with van der Waals surface area (Å²) in [5.41, 5.74) is -1.48. The molecule has 2 aromatic rings.